The lowest BCUT2D eigenvalue weighted by Gasteiger charge is -2.13. The zero-order valence-corrected chi connectivity index (χ0v) is 15.9. The molecule has 0 spiro atoms. The van der Waals surface area contributed by atoms with Gasteiger partial charge in [-0.25, -0.2) is 0 Å². The lowest BCUT2D eigenvalue weighted by molar-refractivity contribution is -0.385. The van der Waals surface area contributed by atoms with Crippen molar-refractivity contribution < 1.29 is 19.2 Å². The van der Waals surface area contributed by atoms with Crippen LogP contribution in [0.25, 0.3) is 0 Å². The Balaban J connectivity index is 2.03. The Morgan fingerprint density at radius 2 is 1.93 bits per heavy atom. The van der Waals surface area contributed by atoms with Crippen molar-refractivity contribution in [2.24, 2.45) is 11.1 Å². The van der Waals surface area contributed by atoms with Gasteiger partial charge in [-0.1, -0.05) is 31.1 Å². The normalized spacial score (nSPS) is 12.2. The van der Waals surface area contributed by atoms with Gasteiger partial charge < -0.3 is 14.3 Å². The number of methoxy groups -OCH3 is 1. The molecule has 0 bridgehead atoms. The van der Waals surface area contributed by atoms with Gasteiger partial charge in [-0.2, -0.15) is 0 Å². The molecule has 0 amide bonds. The summed E-state index contributed by atoms with van der Waals surface area (Å²) in [6, 6.07) is 11.8. The van der Waals surface area contributed by atoms with E-state index in [2.05, 4.69) is 19.0 Å². The molecular weight excluding hydrogens is 348 g/mol. The Hall–Kier alpha value is -3.09. The summed E-state index contributed by atoms with van der Waals surface area (Å²) in [5.74, 6) is 1.71. The van der Waals surface area contributed by atoms with E-state index in [-0.39, 0.29) is 5.69 Å². The van der Waals surface area contributed by atoms with Gasteiger partial charge in [0.1, 0.15) is 6.10 Å². The third-order valence-electron chi connectivity index (χ3n) is 3.73. The molecule has 1 atom stereocenters. The highest BCUT2D eigenvalue weighted by Crippen LogP contribution is 2.28. The SMILES string of the molecule is COc1cc(/C=N\O[C@H](C)c2cccc([N+](=O)[O-])c2)ccc1OCC(C)C. The van der Waals surface area contributed by atoms with Crippen LogP contribution in [0.3, 0.4) is 0 Å². The third-order valence-corrected chi connectivity index (χ3v) is 3.73. The molecule has 0 heterocycles. The van der Waals surface area contributed by atoms with Crippen molar-refractivity contribution >= 4 is 11.9 Å². The number of hydrogen-bond donors (Lipinski definition) is 0. The fraction of sp³-hybridized carbons (Fsp3) is 0.350. The molecule has 0 aliphatic carbocycles. The number of ether oxygens (including phenoxy) is 2. The van der Waals surface area contributed by atoms with Crippen molar-refractivity contribution in [1.82, 2.24) is 0 Å². The molecule has 0 radical (unpaired) electrons. The first-order valence-corrected chi connectivity index (χ1v) is 8.65. The predicted octanol–water partition coefficient (Wildman–Crippen LogP) is 4.75. The van der Waals surface area contributed by atoms with E-state index in [4.69, 9.17) is 14.3 Å². The van der Waals surface area contributed by atoms with E-state index in [1.165, 1.54) is 12.1 Å². The first-order chi connectivity index (χ1) is 12.9. The number of rotatable bonds is 9. The summed E-state index contributed by atoms with van der Waals surface area (Å²) < 4.78 is 11.1. The highest BCUT2D eigenvalue weighted by atomic mass is 16.6. The smallest absolute Gasteiger partial charge is 0.269 e. The van der Waals surface area contributed by atoms with Gasteiger partial charge in [0.05, 0.1) is 24.9 Å². The Bertz CT molecular complexity index is 805. The van der Waals surface area contributed by atoms with Crippen molar-refractivity contribution in [3.63, 3.8) is 0 Å². The van der Waals surface area contributed by atoms with Crippen molar-refractivity contribution in [3.8, 4) is 11.5 Å². The molecule has 0 fully saturated rings. The van der Waals surface area contributed by atoms with Crippen molar-refractivity contribution in [2.75, 3.05) is 13.7 Å². The molecule has 27 heavy (non-hydrogen) atoms. The molecule has 0 unspecified atom stereocenters. The summed E-state index contributed by atoms with van der Waals surface area (Å²) in [6.07, 6.45) is 1.14. The minimum absolute atomic E-state index is 0.0219. The maximum atomic E-state index is 10.9. The molecule has 2 rings (SSSR count). The summed E-state index contributed by atoms with van der Waals surface area (Å²) in [7, 11) is 1.58. The molecule has 0 saturated carbocycles. The first kappa shape index (κ1) is 20.2. The summed E-state index contributed by atoms with van der Waals surface area (Å²) >= 11 is 0. The van der Waals surface area contributed by atoms with Gasteiger partial charge in [0, 0.05) is 23.3 Å². The molecule has 7 nitrogen and oxygen atoms in total. The van der Waals surface area contributed by atoms with Crippen molar-refractivity contribution in [3.05, 3.63) is 63.7 Å². The molecule has 0 aliphatic heterocycles. The van der Waals surface area contributed by atoms with E-state index in [9.17, 15) is 10.1 Å². The third kappa shape index (κ3) is 5.99. The van der Waals surface area contributed by atoms with Crippen LogP contribution >= 0.6 is 0 Å². The zero-order valence-electron chi connectivity index (χ0n) is 15.9. The van der Waals surface area contributed by atoms with Crippen LogP contribution in [0.2, 0.25) is 0 Å². The van der Waals surface area contributed by atoms with Gasteiger partial charge in [-0.3, -0.25) is 10.1 Å². The number of benzene rings is 2. The molecule has 0 aromatic heterocycles. The largest absolute Gasteiger partial charge is 0.493 e. The Kier molecular flexibility index (Phi) is 7.16. The van der Waals surface area contributed by atoms with Crippen LogP contribution in [0, 0.1) is 16.0 Å². The quantitative estimate of drug-likeness (QED) is 0.360. The van der Waals surface area contributed by atoms with Gasteiger partial charge in [-0.05, 0) is 31.0 Å². The summed E-state index contributed by atoms with van der Waals surface area (Å²) in [4.78, 5) is 15.8. The van der Waals surface area contributed by atoms with E-state index in [1.54, 1.807) is 38.4 Å². The minimum Gasteiger partial charge on any atom is -0.493 e. The topological polar surface area (TPSA) is 83.2 Å². The summed E-state index contributed by atoms with van der Waals surface area (Å²) in [5, 5.41) is 14.8. The molecule has 2 aromatic rings. The van der Waals surface area contributed by atoms with Crippen LogP contribution in [0.4, 0.5) is 5.69 Å². The average molecular weight is 372 g/mol. The van der Waals surface area contributed by atoms with Crippen LogP contribution in [-0.4, -0.2) is 24.9 Å². The van der Waals surface area contributed by atoms with Crippen LogP contribution in [-0.2, 0) is 4.84 Å². The van der Waals surface area contributed by atoms with Crippen molar-refractivity contribution in [2.45, 2.75) is 26.9 Å². The molecule has 7 heteroatoms. The Morgan fingerprint density at radius 3 is 2.59 bits per heavy atom. The van der Waals surface area contributed by atoms with Gasteiger partial charge in [0.2, 0.25) is 0 Å². The van der Waals surface area contributed by atoms with Gasteiger partial charge in [-0.15, -0.1) is 0 Å². The molecular formula is C20H24N2O5. The minimum atomic E-state index is -0.436. The van der Waals surface area contributed by atoms with E-state index in [0.717, 1.165) is 5.56 Å². The van der Waals surface area contributed by atoms with Crippen LogP contribution < -0.4 is 9.47 Å². The van der Waals surface area contributed by atoms with E-state index in [1.807, 2.05) is 12.1 Å². The molecule has 2 aromatic carbocycles. The lowest BCUT2D eigenvalue weighted by Crippen LogP contribution is -2.05. The molecule has 0 saturated heterocycles. The monoisotopic (exact) mass is 372 g/mol. The number of nitro benzene ring substituents is 1. The van der Waals surface area contributed by atoms with Gasteiger partial charge in [0.15, 0.2) is 11.5 Å². The number of hydrogen-bond acceptors (Lipinski definition) is 6. The summed E-state index contributed by atoms with van der Waals surface area (Å²) in [5.41, 5.74) is 1.49. The Labute approximate surface area is 158 Å². The fourth-order valence-electron chi connectivity index (χ4n) is 2.27. The van der Waals surface area contributed by atoms with E-state index >= 15 is 0 Å². The molecule has 0 N–H and O–H groups in total. The fourth-order valence-corrected chi connectivity index (χ4v) is 2.27. The number of non-ortho nitro benzene ring substituents is 1. The highest BCUT2D eigenvalue weighted by Gasteiger charge is 2.12. The van der Waals surface area contributed by atoms with E-state index in [0.29, 0.717) is 29.6 Å². The summed E-state index contributed by atoms with van der Waals surface area (Å²) in [6.45, 7) is 6.54. The number of oxime groups is 1. The molecule has 144 valence electrons. The van der Waals surface area contributed by atoms with Gasteiger partial charge >= 0.3 is 0 Å². The highest BCUT2D eigenvalue weighted by molar-refractivity contribution is 5.80. The van der Waals surface area contributed by atoms with E-state index < -0.39 is 11.0 Å². The lowest BCUT2D eigenvalue weighted by atomic mass is 10.1. The van der Waals surface area contributed by atoms with Crippen LogP contribution in [0.15, 0.2) is 47.6 Å². The Morgan fingerprint density at radius 1 is 1.15 bits per heavy atom. The standard InChI is InChI=1S/C20H24N2O5/c1-14(2)13-26-19-9-8-16(10-20(19)25-4)12-21-27-15(3)17-6-5-7-18(11-17)22(23)24/h5-12,14-15H,13H2,1-4H3/b21-12-/t15-/m1/s1. The molecule has 0 aliphatic rings. The maximum absolute atomic E-state index is 10.9. The maximum Gasteiger partial charge on any atom is 0.269 e. The second-order valence-electron chi connectivity index (χ2n) is 6.45. The predicted molar refractivity (Wildman–Crippen MR) is 104 cm³/mol. The first-order valence-electron chi connectivity index (χ1n) is 8.65. The second-order valence-corrected chi connectivity index (χ2v) is 6.45. The van der Waals surface area contributed by atoms with Gasteiger partial charge in [0.25, 0.3) is 5.69 Å². The number of nitrogens with zero attached hydrogens (tertiary/aromatic N) is 2. The van der Waals surface area contributed by atoms with Crippen LogP contribution in [0.5, 0.6) is 11.5 Å². The number of nitro groups is 1. The average Bonchev–Trinajstić information content (AvgIpc) is 2.66. The van der Waals surface area contributed by atoms with Crippen LogP contribution in [0.1, 0.15) is 38.0 Å². The van der Waals surface area contributed by atoms with Crippen molar-refractivity contribution in [1.29, 1.82) is 0 Å². The second kappa shape index (κ2) is 9.56. The zero-order chi connectivity index (χ0) is 19.8.